The first-order chi connectivity index (χ1) is 14.0. The second-order valence-electron chi connectivity index (χ2n) is 6.23. The Bertz CT molecular complexity index is 945. The van der Waals surface area contributed by atoms with Crippen molar-refractivity contribution < 1.29 is 18.7 Å². The Morgan fingerprint density at radius 1 is 1.10 bits per heavy atom. The van der Waals surface area contributed by atoms with Gasteiger partial charge in [-0.15, -0.1) is 0 Å². The zero-order valence-corrected chi connectivity index (χ0v) is 17.4. The van der Waals surface area contributed by atoms with E-state index in [4.69, 9.17) is 21.4 Å². The quantitative estimate of drug-likeness (QED) is 0.426. The Morgan fingerprint density at radius 3 is 2.41 bits per heavy atom. The van der Waals surface area contributed by atoms with E-state index in [1.165, 1.54) is 11.0 Å². The standard InChI is InChI=1S/C21H23N3O4S/c1-4-23(5-2)18-12-11-16(28-18)13-17-19(25)22-21(29)24(20(17)26)14-7-9-15(10-8-14)27-6-3/h7-13H,4-6H2,1-3H3,(H,22,25,29)/b17-13-. The Hall–Kier alpha value is -3.13. The molecular weight excluding hydrogens is 390 g/mol. The van der Waals surface area contributed by atoms with E-state index >= 15 is 0 Å². The molecule has 1 saturated heterocycles. The monoisotopic (exact) mass is 413 g/mol. The van der Waals surface area contributed by atoms with Crippen molar-refractivity contribution in [1.82, 2.24) is 5.32 Å². The Balaban J connectivity index is 1.89. The molecule has 7 nitrogen and oxygen atoms in total. The van der Waals surface area contributed by atoms with Crippen LogP contribution in [0.4, 0.5) is 11.6 Å². The van der Waals surface area contributed by atoms with E-state index in [-0.39, 0.29) is 10.7 Å². The van der Waals surface area contributed by atoms with Crippen molar-refractivity contribution in [2.45, 2.75) is 20.8 Å². The number of amides is 2. The lowest BCUT2D eigenvalue weighted by molar-refractivity contribution is -0.122. The highest BCUT2D eigenvalue weighted by Gasteiger charge is 2.34. The van der Waals surface area contributed by atoms with Gasteiger partial charge in [-0.3, -0.25) is 19.8 Å². The van der Waals surface area contributed by atoms with Crippen LogP contribution >= 0.6 is 12.2 Å². The van der Waals surface area contributed by atoms with Gasteiger partial charge in [0.2, 0.25) is 0 Å². The largest absolute Gasteiger partial charge is 0.494 e. The molecule has 2 aromatic rings. The number of furan rings is 1. The Kier molecular flexibility index (Phi) is 6.33. The third-order valence-corrected chi connectivity index (χ3v) is 4.77. The van der Waals surface area contributed by atoms with Gasteiger partial charge in [-0.2, -0.15) is 0 Å². The van der Waals surface area contributed by atoms with Crippen molar-refractivity contribution in [3.05, 3.63) is 47.7 Å². The molecule has 1 N–H and O–H groups in total. The summed E-state index contributed by atoms with van der Waals surface area (Å²) in [5.74, 6) is 0.729. The van der Waals surface area contributed by atoms with Gasteiger partial charge in [0.05, 0.1) is 12.3 Å². The molecule has 0 aliphatic carbocycles. The predicted molar refractivity (Wildman–Crippen MR) is 116 cm³/mol. The molecule has 29 heavy (non-hydrogen) atoms. The number of anilines is 2. The lowest BCUT2D eigenvalue weighted by Crippen LogP contribution is -2.54. The van der Waals surface area contributed by atoms with Gasteiger partial charge in [0.1, 0.15) is 17.1 Å². The van der Waals surface area contributed by atoms with Crippen LogP contribution in [0.15, 0.2) is 46.4 Å². The summed E-state index contributed by atoms with van der Waals surface area (Å²) in [6, 6.07) is 10.5. The number of nitrogens with one attached hydrogen (secondary N) is 1. The van der Waals surface area contributed by atoms with Crippen LogP contribution in [-0.4, -0.2) is 36.6 Å². The smallest absolute Gasteiger partial charge is 0.270 e. The second kappa shape index (κ2) is 8.91. The molecule has 2 amide bonds. The van der Waals surface area contributed by atoms with Crippen molar-refractivity contribution in [3.63, 3.8) is 0 Å². The van der Waals surface area contributed by atoms with E-state index in [1.54, 1.807) is 30.3 Å². The Morgan fingerprint density at radius 2 is 1.79 bits per heavy atom. The summed E-state index contributed by atoms with van der Waals surface area (Å²) in [4.78, 5) is 28.8. The first-order valence-corrected chi connectivity index (χ1v) is 9.88. The molecule has 0 spiro atoms. The maximum absolute atomic E-state index is 13.0. The molecule has 1 aromatic heterocycles. The molecule has 1 aliphatic heterocycles. The minimum absolute atomic E-state index is 0.0320. The number of hydrogen-bond donors (Lipinski definition) is 1. The molecule has 0 bridgehead atoms. The SMILES string of the molecule is CCOc1ccc(N2C(=O)/C(=C\c3ccc(N(CC)CC)o3)C(=O)NC2=S)cc1. The van der Waals surface area contributed by atoms with Crippen LogP contribution in [0.2, 0.25) is 0 Å². The van der Waals surface area contributed by atoms with Gasteiger partial charge in [0.15, 0.2) is 11.0 Å². The van der Waals surface area contributed by atoms with E-state index in [9.17, 15) is 9.59 Å². The van der Waals surface area contributed by atoms with E-state index in [0.29, 0.717) is 29.7 Å². The van der Waals surface area contributed by atoms with Crippen LogP contribution in [-0.2, 0) is 9.59 Å². The van der Waals surface area contributed by atoms with Crippen LogP contribution < -0.4 is 19.9 Å². The average molecular weight is 413 g/mol. The summed E-state index contributed by atoms with van der Waals surface area (Å²) in [6.07, 6.45) is 1.44. The first-order valence-electron chi connectivity index (χ1n) is 9.47. The minimum atomic E-state index is -0.553. The van der Waals surface area contributed by atoms with Crippen LogP contribution in [0.5, 0.6) is 5.75 Å². The summed E-state index contributed by atoms with van der Waals surface area (Å²) in [6.45, 7) is 8.07. The molecule has 1 aromatic carbocycles. The summed E-state index contributed by atoms with van der Waals surface area (Å²) in [5.41, 5.74) is 0.491. The van der Waals surface area contributed by atoms with Gasteiger partial charge in [-0.25, -0.2) is 0 Å². The molecule has 8 heteroatoms. The Labute approximate surface area is 174 Å². The molecule has 0 unspecified atom stereocenters. The average Bonchev–Trinajstić information content (AvgIpc) is 3.16. The highest BCUT2D eigenvalue weighted by atomic mass is 32.1. The summed E-state index contributed by atoms with van der Waals surface area (Å²) in [5, 5.41) is 2.60. The van der Waals surface area contributed by atoms with E-state index in [0.717, 1.165) is 13.1 Å². The van der Waals surface area contributed by atoms with Crippen LogP contribution in [0.1, 0.15) is 26.5 Å². The third-order valence-electron chi connectivity index (χ3n) is 4.48. The molecule has 0 atom stereocenters. The minimum Gasteiger partial charge on any atom is -0.494 e. The van der Waals surface area contributed by atoms with Crippen LogP contribution in [0.25, 0.3) is 6.08 Å². The molecule has 2 heterocycles. The normalized spacial score (nSPS) is 15.6. The van der Waals surface area contributed by atoms with E-state index < -0.39 is 11.8 Å². The van der Waals surface area contributed by atoms with Gasteiger partial charge < -0.3 is 14.1 Å². The molecule has 1 fully saturated rings. The molecule has 0 saturated carbocycles. The molecule has 3 rings (SSSR count). The molecule has 0 radical (unpaired) electrons. The maximum Gasteiger partial charge on any atom is 0.270 e. The third kappa shape index (κ3) is 4.32. The zero-order valence-electron chi connectivity index (χ0n) is 16.6. The van der Waals surface area contributed by atoms with Crippen LogP contribution in [0, 0.1) is 0 Å². The first kappa shape index (κ1) is 20.6. The lowest BCUT2D eigenvalue weighted by atomic mass is 10.1. The molecule has 152 valence electrons. The topological polar surface area (TPSA) is 75.0 Å². The highest BCUT2D eigenvalue weighted by Crippen LogP contribution is 2.26. The number of carbonyl (C=O) groups excluding carboxylic acids is 2. The van der Waals surface area contributed by atoms with E-state index in [1.807, 2.05) is 31.7 Å². The van der Waals surface area contributed by atoms with Crippen molar-refractivity contribution in [2.24, 2.45) is 0 Å². The van der Waals surface area contributed by atoms with Gasteiger partial charge in [-0.1, -0.05) is 0 Å². The lowest BCUT2D eigenvalue weighted by Gasteiger charge is -2.28. The number of carbonyl (C=O) groups is 2. The van der Waals surface area contributed by atoms with Gasteiger partial charge in [0, 0.05) is 19.2 Å². The number of nitrogens with zero attached hydrogens (tertiary/aromatic N) is 2. The fraction of sp³-hybridized carbons (Fsp3) is 0.286. The number of hydrogen-bond acceptors (Lipinski definition) is 6. The fourth-order valence-electron chi connectivity index (χ4n) is 3.02. The van der Waals surface area contributed by atoms with Crippen molar-refractivity contribution >= 4 is 46.8 Å². The number of rotatable bonds is 7. The summed E-state index contributed by atoms with van der Waals surface area (Å²) < 4.78 is 11.2. The highest BCUT2D eigenvalue weighted by molar-refractivity contribution is 7.80. The molecular formula is C21H23N3O4S. The number of thiocarbonyl (C=S) groups is 1. The summed E-state index contributed by atoms with van der Waals surface area (Å²) >= 11 is 5.22. The van der Waals surface area contributed by atoms with E-state index in [2.05, 4.69) is 5.32 Å². The maximum atomic E-state index is 13.0. The molecule has 1 aliphatic rings. The fourth-order valence-corrected chi connectivity index (χ4v) is 3.30. The van der Waals surface area contributed by atoms with Gasteiger partial charge in [-0.05, 0) is 69.4 Å². The van der Waals surface area contributed by atoms with Crippen LogP contribution in [0.3, 0.4) is 0 Å². The second-order valence-corrected chi connectivity index (χ2v) is 6.62. The number of benzene rings is 1. The summed E-state index contributed by atoms with van der Waals surface area (Å²) in [7, 11) is 0. The number of ether oxygens (including phenoxy) is 1. The predicted octanol–water partition coefficient (Wildman–Crippen LogP) is 3.36. The van der Waals surface area contributed by atoms with Gasteiger partial charge in [0.25, 0.3) is 11.8 Å². The van der Waals surface area contributed by atoms with Gasteiger partial charge >= 0.3 is 0 Å². The van der Waals surface area contributed by atoms with Crippen molar-refractivity contribution in [2.75, 3.05) is 29.5 Å². The van der Waals surface area contributed by atoms with Crippen molar-refractivity contribution in [3.8, 4) is 5.75 Å². The van der Waals surface area contributed by atoms with Crippen molar-refractivity contribution in [1.29, 1.82) is 0 Å². The zero-order chi connectivity index (χ0) is 21.0.